The topological polar surface area (TPSA) is 63.7 Å². The Balaban J connectivity index is 2.35. The van der Waals surface area contributed by atoms with Gasteiger partial charge in [0.15, 0.2) is 0 Å². The molecule has 0 aliphatic carbocycles. The van der Waals surface area contributed by atoms with Crippen LogP contribution in [0.3, 0.4) is 0 Å². The number of anilines is 1. The van der Waals surface area contributed by atoms with Crippen molar-refractivity contribution in [2.45, 2.75) is 0 Å². The molecule has 0 saturated carbocycles. The number of aromatic nitrogens is 1. The van der Waals surface area contributed by atoms with Crippen molar-refractivity contribution in [1.82, 2.24) is 4.98 Å². The van der Waals surface area contributed by atoms with Crippen LogP contribution in [0.2, 0.25) is 0 Å². The van der Waals surface area contributed by atoms with Gasteiger partial charge in [-0.25, -0.2) is 4.98 Å². The van der Waals surface area contributed by atoms with Crippen LogP contribution in [0.5, 0.6) is 0 Å². The minimum absolute atomic E-state index is 0.363. The molecule has 2 rings (SSSR count). The zero-order valence-electron chi connectivity index (χ0n) is 7.71. The van der Waals surface area contributed by atoms with Crippen LogP contribution in [0, 0.1) is 22.7 Å². The minimum Gasteiger partial charge on any atom is -0.307 e. The Hall–Kier alpha value is -1.98. The number of allylic oxidation sites excluding steroid dienone is 1. The molecule has 0 N–H and O–H groups in total. The first-order valence-corrected chi connectivity index (χ1v) is 5.26. The molecule has 0 saturated heterocycles. The third-order valence-electron chi connectivity index (χ3n) is 1.93. The Kier molecular flexibility index (Phi) is 2.57. The van der Waals surface area contributed by atoms with Gasteiger partial charge in [-0.15, -0.1) is 11.8 Å². The van der Waals surface area contributed by atoms with Crippen molar-refractivity contribution >= 4 is 17.6 Å². The SMILES string of the molecule is N#CC1=CSCN1c1cccc(C#N)n1. The second kappa shape index (κ2) is 4.04. The molecule has 1 aromatic heterocycles. The first-order chi connectivity index (χ1) is 7.35. The second-order valence-electron chi connectivity index (χ2n) is 2.83. The van der Waals surface area contributed by atoms with E-state index in [0.717, 1.165) is 0 Å². The summed E-state index contributed by atoms with van der Waals surface area (Å²) in [6.45, 7) is 0. The van der Waals surface area contributed by atoms with Crippen molar-refractivity contribution in [3.8, 4) is 12.1 Å². The first kappa shape index (κ1) is 9.57. The van der Waals surface area contributed by atoms with E-state index in [2.05, 4.69) is 11.1 Å². The molecule has 0 atom stereocenters. The molecule has 1 aliphatic rings. The van der Waals surface area contributed by atoms with E-state index >= 15 is 0 Å². The fourth-order valence-corrected chi connectivity index (χ4v) is 2.07. The average molecular weight is 214 g/mol. The zero-order chi connectivity index (χ0) is 10.7. The number of thioether (sulfide) groups is 1. The van der Waals surface area contributed by atoms with Gasteiger partial charge < -0.3 is 4.90 Å². The van der Waals surface area contributed by atoms with Crippen molar-refractivity contribution in [3.05, 3.63) is 35.0 Å². The summed E-state index contributed by atoms with van der Waals surface area (Å²) in [4.78, 5) is 5.91. The summed E-state index contributed by atoms with van der Waals surface area (Å²) < 4.78 is 0. The monoisotopic (exact) mass is 214 g/mol. The Bertz CT molecular complexity index is 495. The van der Waals surface area contributed by atoms with Crippen LogP contribution in [0.15, 0.2) is 29.3 Å². The van der Waals surface area contributed by atoms with Crippen molar-refractivity contribution in [1.29, 1.82) is 10.5 Å². The fourth-order valence-electron chi connectivity index (χ4n) is 1.24. The van der Waals surface area contributed by atoms with Gasteiger partial charge in [0.25, 0.3) is 0 Å². The van der Waals surface area contributed by atoms with E-state index in [4.69, 9.17) is 10.5 Å². The summed E-state index contributed by atoms with van der Waals surface area (Å²) >= 11 is 1.54. The van der Waals surface area contributed by atoms with Crippen molar-refractivity contribution < 1.29 is 0 Å². The molecule has 2 heterocycles. The van der Waals surface area contributed by atoms with E-state index in [1.54, 1.807) is 40.3 Å². The highest BCUT2D eigenvalue weighted by Gasteiger charge is 2.18. The lowest BCUT2D eigenvalue weighted by atomic mass is 10.3. The number of pyridine rings is 1. The molecule has 72 valence electrons. The van der Waals surface area contributed by atoms with E-state index in [1.807, 2.05) is 6.07 Å². The van der Waals surface area contributed by atoms with Gasteiger partial charge in [-0.2, -0.15) is 10.5 Å². The number of nitriles is 2. The van der Waals surface area contributed by atoms with E-state index < -0.39 is 0 Å². The number of hydrogen-bond donors (Lipinski definition) is 0. The van der Waals surface area contributed by atoms with Gasteiger partial charge in [-0.3, -0.25) is 0 Å². The summed E-state index contributed by atoms with van der Waals surface area (Å²) in [6, 6.07) is 9.26. The third-order valence-corrected chi connectivity index (χ3v) is 2.73. The maximum Gasteiger partial charge on any atom is 0.142 e. The van der Waals surface area contributed by atoms with Gasteiger partial charge >= 0.3 is 0 Å². The quantitative estimate of drug-likeness (QED) is 0.713. The summed E-state index contributed by atoms with van der Waals surface area (Å²) in [5.41, 5.74) is 0.935. The zero-order valence-corrected chi connectivity index (χ0v) is 8.53. The fraction of sp³-hybridized carbons (Fsp3) is 0.100. The van der Waals surface area contributed by atoms with E-state index in [0.29, 0.717) is 23.1 Å². The van der Waals surface area contributed by atoms with Gasteiger partial charge in [0.1, 0.15) is 29.3 Å². The predicted molar refractivity (Wildman–Crippen MR) is 57.6 cm³/mol. The second-order valence-corrected chi connectivity index (χ2v) is 3.66. The summed E-state index contributed by atoms with van der Waals surface area (Å²) in [5.74, 6) is 1.32. The molecule has 0 amide bonds. The summed E-state index contributed by atoms with van der Waals surface area (Å²) in [7, 11) is 0. The molecule has 15 heavy (non-hydrogen) atoms. The van der Waals surface area contributed by atoms with Crippen LogP contribution >= 0.6 is 11.8 Å². The molecule has 0 bridgehead atoms. The normalized spacial score (nSPS) is 14.3. The third kappa shape index (κ3) is 1.78. The minimum atomic E-state index is 0.363. The Morgan fingerprint density at radius 3 is 2.93 bits per heavy atom. The molecule has 1 aromatic rings. The Morgan fingerprint density at radius 2 is 2.20 bits per heavy atom. The molecular weight excluding hydrogens is 208 g/mol. The van der Waals surface area contributed by atoms with Crippen LogP contribution in [0.25, 0.3) is 0 Å². The maximum absolute atomic E-state index is 8.86. The lowest BCUT2D eigenvalue weighted by Gasteiger charge is -2.15. The van der Waals surface area contributed by atoms with Gasteiger partial charge in [-0.1, -0.05) is 6.07 Å². The van der Waals surface area contributed by atoms with E-state index in [9.17, 15) is 0 Å². The highest BCUT2D eigenvalue weighted by molar-refractivity contribution is 8.02. The van der Waals surface area contributed by atoms with E-state index in [-0.39, 0.29) is 0 Å². The maximum atomic E-state index is 8.86. The largest absolute Gasteiger partial charge is 0.307 e. The lowest BCUT2D eigenvalue weighted by Crippen LogP contribution is -2.18. The van der Waals surface area contributed by atoms with E-state index in [1.165, 1.54) is 0 Å². The van der Waals surface area contributed by atoms with Crippen LogP contribution in [0.1, 0.15) is 5.69 Å². The lowest BCUT2D eigenvalue weighted by molar-refractivity contribution is 1.06. The van der Waals surface area contributed by atoms with Crippen LogP contribution in [-0.4, -0.2) is 10.9 Å². The molecule has 1 aliphatic heterocycles. The van der Waals surface area contributed by atoms with Crippen LogP contribution < -0.4 is 4.90 Å². The number of nitrogens with zero attached hydrogens (tertiary/aromatic N) is 4. The highest BCUT2D eigenvalue weighted by Crippen LogP contribution is 2.27. The Labute approximate surface area is 91.4 Å². The summed E-state index contributed by atoms with van der Waals surface area (Å²) in [5, 5.41) is 19.4. The molecule has 0 radical (unpaired) electrons. The smallest absolute Gasteiger partial charge is 0.142 e. The van der Waals surface area contributed by atoms with Crippen molar-refractivity contribution in [2.75, 3.05) is 10.8 Å². The molecule has 5 heteroatoms. The molecule has 0 aromatic carbocycles. The van der Waals surface area contributed by atoms with Crippen molar-refractivity contribution in [3.63, 3.8) is 0 Å². The first-order valence-electron chi connectivity index (χ1n) is 4.21. The van der Waals surface area contributed by atoms with Gasteiger partial charge in [0.2, 0.25) is 0 Å². The average Bonchev–Trinajstić information content (AvgIpc) is 2.77. The predicted octanol–water partition coefficient (Wildman–Crippen LogP) is 1.83. The molecule has 0 fully saturated rings. The molecule has 0 spiro atoms. The number of hydrogen-bond acceptors (Lipinski definition) is 5. The van der Waals surface area contributed by atoms with Crippen LogP contribution in [0.4, 0.5) is 5.82 Å². The highest BCUT2D eigenvalue weighted by atomic mass is 32.2. The van der Waals surface area contributed by atoms with Crippen LogP contribution in [-0.2, 0) is 0 Å². The standard InChI is InChI=1S/C10H6N4S/c11-4-8-2-1-3-10(13-8)14-7-15-6-9(14)5-12/h1-3,6H,7H2. The van der Waals surface area contributed by atoms with Crippen molar-refractivity contribution in [2.24, 2.45) is 0 Å². The molecule has 4 nitrogen and oxygen atoms in total. The Morgan fingerprint density at radius 1 is 1.33 bits per heavy atom. The van der Waals surface area contributed by atoms with Gasteiger partial charge in [0.05, 0.1) is 5.88 Å². The van der Waals surface area contributed by atoms with Gasteiger partial charge in [0, 0.05) is 5.41 Å². The summed E-state index contributed by atoms with van der Waals surface area (Å²) in [6.07, 6.45) is 0. The molecule has 0 unspecified atom stereocenters. The number of rotatable bonds is 1. The van der Waals surface area contributed by atoms with Gasteiger partial charge in [-0.05, 0) is 12.1 Å². The molecular formula is C10H6N4S.